The fourth-order valence-electron chi connectivity index (χ4n) is 5.41. The van der Waals surface area contributed by atoms with E-state index in [1.165, 1.54) is 146 Å². The molecule has 0 spiro atoms. The van der Waals surface area contributed by atoms with Gasteiger partial charge < -0.3 is 13.5 Å². The van der Waals surface area contributed by atoms with E-state index in [1.54, 1.807) is 0 Å². The van der Waals surface area contributed by atoms with Gasteiger partial charge in [0.05, 0.1) is 64.5 Å². The predicted octanol–water partition coefficient (Wildman–Crippen LogP) is 7.90. The Balaban J connectivity index is 3.49. The summed E-state index contributed by atoms with van der Waals surface area (Å²) >= 11 is 0. The minimum atomic E-state index is -4.07. The standard InChI is InChI=1S/C31H67N2O3S/c1-6-7-8-9-10-11-12-13-14-17-20-23-27-32(2,3)28-24-21-18-15-16-19-22-25-29-33(4,5)30-26-31-37(34,35)36/h6-31H2,1-5H3/q+1. The summed E-state index contributed by atoms with van der Waals surface area (Å²) in [6.45, 7) is 6.76. The number of hydrogen-bond donors (Lipinski definition) is 0. The molecule has 0 radical (unpaired) electrons. The first-order valence-electron chi connectivity index (χ1n) is 16.0. The first-order valence-corrected chi connectivity index (χ1v) is 17.6. The zero-order valence-electron chi connectivity index (χ0n) is 25.9. The Bertz CT molecular complexity index is 606. The third-order valence-electron chi connectivity index (χ3n) is 8.05. The zero-order valence-corrected chi connectivity index (χ0v) is 26.7. The number of unbranched alkanes of at least 4 members (excludes halogenated alkanes) is 18. The number of rotatable bonds is 28. The molecule has 0 saturated heterocycles. The van der Waals surface area contributed by atoms with Crippen molar-refractivity contribution in [3.63, 3.8) is 0 Å². The smallest absolute Gasteiger partial charge is 0.0948 e. The van der Waals surface area contributed by atoms with Crippen LogP contribution in [0.15, 0.2) is 0 Å². The lowest BCUT2D eigenvalue weighted by atomic mass is 10.0. The third kappa shape index (κ3) is 28.7. The van der Waals surface area contributed by atoms with Crippen LogP contribution in [0.5, 0.6) is 0 Å². The molecule has 0 aliphatic heterocycles. The lowest BCUT2D eigenvalue weighted by molar-refractivity contribution is -0.890. The van der Waals surface area contributed by atoms with E-state index in [2.05, 4.69) is 35.1 Å². The molecule has 5 nitrogen and oxygen atoms in total. The molecule has 0 aliphatic rings. The zero-order chi connectivity index (χ0) is 27.9. The summed E-state index contributed by atoms with van der Waals surface area (Å²) in [6, 6.07) is 0. The molecule has 0 rings (SSSR count). The van der Waals surface area contributed by atoms with E-state index in [4.69, 9.17) is 0 Å². The summed E-state index contributed by atoms with van der Waals surface area (Å²) in [6.07, 6.45) is 28.1. The molecule has 224 valence electrons. The molecule has 37 heavy (non-hydrogen) atoms. The molecule has 0 atom stereocenters. The van der Waals surface area contributed by atoms with Gasteiger partial charge in [-0.1, -0.05) is 96.8 Å². The molecular weight excluding hydrogens is 480 g/mol. The van der Waals surface area contributed by atoms with E-state index in [1.807, 2.05) is 0 Å². The molecule has 0 N–H and O–H groups in total. The molecule has 6 heteroatoms. The average molecular weight is 548 g/mol. The van der Waals surface area contributed by atoms with Crippen molar-refractivity contribution >= 4 is 10.1 Å². The van der Waals surface area contributed by atoms with Crippen LogP contribution in [0.1, 0.15) is 142 Å². The fraction of sp³-hybridized carbons (Fsp3) is 1.00. The average Bonchev–Trinajstić information content (AvgIpc) is 2.80. The van der Waals surface area contributed by atoms with E-state index in [0.29, 0.717) is 6.42 Å². The quantitative estimate of drug-likeness (QED) is 0.0568. The van der Waals surface area contributed by atoms with Crippen molar-refractivity contribution in [3.05, 3.63) is 0 Å². The van der Waals surface area contributed by atoms with Gasteiger partial charge in [0.2, 0.25) is 0 Å². The van der Waals surface area contributed by atoms with Crippen LogP contribution in [0.4, 0.5) is 0 Å². The molecule has 0 unspecified atom stereocenters. The molecule has 0 fully saturated rings. The molecular formula is C31H67N2O3S+. The van der Waals surface area contributed by atoms with Crippen LogP contribution in [0.2, 0.25) is 0 Å². The highest BCUT2D eigenvalue weighted by Crippen LogP contribution is 2.15. The predicted molar refractivity (Wildman–Crippen MR) is 161 cm³/mol. The normalized spacial score (nSPS) is 12.9. The third-order valence-corrected chi connectivity index (χ3v) is 8.84. The highest BCUT2D eigenvalue weighted by molar-refractivity contribution is 7.85. The van der Waals surface area contributed by atoms with Gasteiger partial charge in [0, 0.05) is 12.2 Å². The van der Waals surface area contributed by atoms with Gasteiger partial charge in [0.15, 0.2) is 0 Å². The lowest BCUT2D eigenvalue weighted by Crippen LogP contribution is -2.41. The highest BCUT2D eigenvalue weighted by atomic mass is 32.2. The molecule has 0 heterocycles. The topological polar surface area (TPSA) is 57.2 Å². The summed E-state index contributed by atoms with van der Waals surface area (Å²) in [7, 11) is 5.03. The van der Waals surface area contributed by atoms with Crippen LogP contribution < -0.4 is 0 Å². The van der Waals surface area contributed by atoms with Crippen molar-refractivity contribution in [1.82, 2.24) is 0 Å². The van der Waals surface area contributed by atoms with E-state index >= 15 is 0 Å². The Hall–Kier alpha value is -0.170. The second-order valence-electron chi connectivity index (χ2n) is 13.1. The summed E-state index contributed by atoms with van der Waals surface area (Å²) in [5.41, 5.74) is 0. The number of hydrogen-bond acceptors (Lipinski definition) is 3. The van der Waals surface area contributed by atoms with Gasteiger partial charge in [0.25, 0.3) is 0 Å². The fourth-order valence-corrected chi connectivity index (χ4v) is 5.90. The summed E-state index contributed by atoms with van der Waals surface area (Å²) in [4.78, 5) is 0. The monoisotopic (exact) mass is 547 g/mol. The Kier molecular flexibility index (Phi) is 22.5. The van der Waals surface area contributed by atoms with E-state index in [0.717, 1.165) is 17.6 Å². The minimum Gasteiger partial charge on any atom is -0.748 e. The summed E-state index contributed by atoms with van der Waals surface area (Å²) < 4.78 is 34.3. The molecule has 0 saturated carbocycles. The summed E-state index contributed by atoms with van der Waals surface area (Å²) in [5.74, 6) is -0.232. The molecule has 0 aromatic heterocycles. The summed E-state index contributed by atoms with van der Waals surface area (Å²) in [5, 5.41) is 0. The Labute approximate surface area is 233 Å². The Morgan fingerprint density at radius 1 is 0.432 bits per heavy atom. The van der Waals surface area contributed by atoms with Gasteiger partial charge in [-0.2, -0.15) is 0 Å². The number of nitrogens with zero attached hydrogens (tertiary/aromatic N) is 2. The van der Waals surface area contributed by atoms with Gasteiger partial charge in [-0.3, -0.25) is 0 Å². The Morgan fingerprint density at radius 2 is 0.676 bits per heavy atom. The minimum absolute atomic E-state index is 0.232. The van der Waals surface area contributed by atoms with Crippen molar-refractivity contribution in [3.8, 4) is 0 Å². The largest absolute Gasteiger partial charge is 0.748 e. The van der Waals surface area contributed by atoms with E-state index in [9.17, 15) is 13.0 Å². The maximum Gasteiger partial charge on any atom is 0.0948 e. The van der Waals surface area contributed by atoms with Crippen molar-refractivity contribution in [1.29, 1.82) is 0 Å². The van der Waals surface area contributed by atoms with Crippen LogP contribution in [-0.4, -0.2) is 82.1 Å². The first kappa shape index (κ1) is 36.8. The van der Waals surface area contributed by atoms with Gasteiger partial charge in [-0.15, -0.1) is 0 Å². The van der Waals surface area contributed by atoms with Crippen LogP contribution in [0.3, 0.4) is 0 Å². The second-order valence-corrected chi connectivity index (χ2v) is 14.6. The SMILES string of the molecule is CCCCCCCCCCCCCC[N+](C)(C)CCCCCCCCCC[N+](C)(C)CCCS(=O)(=O)[O-]. The maximum atomic E-state index is 10.8. The maximum absolute atomic E-state index is 10.8. The van der Waals surface area contributed by atoms with Crippen molar-refractivity contribution in [2.24, 2.45) is 0 Å². The van der Waals surface area contributed by atoms with Crippen molar-refractivity contribution in [2.75, 3.05) is 60.1 Å². The van der Waals surface area contributed by atoms with Crippen LogP contribution in [0, 0.1) is 0 Å². The Morgan fingerprint density at radius 3 is 0.946 bits per heavy atom. The molecule has 0 bridgehead atoms. The van der Waals surface area contributed by atoms with Crippen LogP contribution >= 0.6 is 0 Å². The highest BCUT2D eigenvalue weighted by Gasteiger charge is 2.15. The molecule has 0 aromatic rings. The molecule has 0 aliphatic carbocycles. The van der Waals surface area contributed by atoms with E-state index < -0.39 is 10.1 Å². The van der Waals surface area contributed by atoms with Crippen molar-refractivity contribution in [2.45, 2.75) is 142 Å². The van der Waals surface area contributed by atoms with Gasteiger partial charge >= 0.3 is 0 Å². The van der Waals surface area contributed by atoms with Crippen LogP contribution in [0.25, 0.3) is 0 Å². The molecule has 0 aromatic carbocycles. The molecule has 0 amide bonds. The van der Waals surface area contributed by atoms with Gasteiger partial charge in [-0.25, -0.2) is 8.42 Å². The second kappa shape index (κ2) is 22.6. The van der Waals surface area contributed by atoms with Crippen LogP contribution in [-0.2, 0) is 10.1 Å². The van der Waals surface area contributed by atoms with Gasteiger partial charge in [0.1, 0.15) is 0 Å². The lowest BCUT2D eigenvalue weighted by Gasteiger charge is -2.30. The first-order chi connectivity index (χ1) is 17.5. The van der Waals surface area contributed by atoms with Gasteiger partial charge in [-0.05, 0) is 38.5 Å². The van der Waals surface area contributed by atoms with E-state index in [-0.39, 0.29) is 5.75 Å². The number of quaternary nitrogens is 2. The van der Waals surface area contributed by atoms with Crippen molar-refractivity contribution < 1.29 is 21.9 Å².